The Morgan fingerprint density at radius 2 is 1.96 bits per heavy atom. The van der Waals surface area contributed by atoms with E-state index >= 15 is 0 Å². The third-order valence-electron chi connectivity index (χ3n) is 4.45. The zero-order chi connectivity index (χ0) is 19.0. The molecule has 1 aliphatic rings. The minimum Gasteiger partial charge on any atom is -0.425 e. The number of H-pyrrole nitrogens is 1. The quantitative estimate of drug-likeness (QED) is 0.588. The molecule has 27 heavy (non-hydrogen) atoms. The topological polar surface area (TPSA) is 131 Å². The predicted molar refractivity (Wildman–Crippen MR) is 99.2 cm³/mol. The molecule has 0 saturated carbocycles. The van der Waals surface area contributed by atoms with Crippen LogP contribution in [0.25, 0.3) is 11.2 Å². The number of amides is 1. The average Bonchev–Trinajstić information content (AvgIpc) is 3.11. The molecule has 3 aromatic rings. The number of para-hydroxylation sites is 1. The van der Waals surface area contributed by atoms with Gasteiger partial charge in [0, 0.05) is 33.2 Å². The van der Waals surface area contributed by atoms with Crippen LogP contribution in [0.2, 0.25) is 0 Å². The van der Waals surface area contributed by atoms with Gasteiger partial charge in [0.05, 0.1) is 5.56 Å². The summed E-state index contributed by atoms with van der Waals surface area (Å²) in [5.74, 6) is 0.202. The first-order chi connectivity index (χ1) is 13.0. The summed E-state index contributed by atoms with van der Waals surface area (Å²) < 4.78 is 6.98. The molecule has 1 aliphatic heterocycles. The SMILES string of the molecule is Cn1c(Oc2ccccc2C(N)=O)nc2nc(N3CCNCC3)[nH]c2c1=O. The van der Waals surface area contributed by atoms with Crippen molar-refractivity contribution in [3.8, 4) is 11.8 Å². The van der Waals surface area contributed by atoms with Crippen LogP contribution in [-0.4, -0.2) is 51.6 Å². The molecule has 0 unspecified atom stereocenters. The third-order valence-corrected chi connectivity index (χ3v) is 4.45. The Labute approximate surface area is 154 Å². The van der Waals surface area contributed by atoms with Crippen LogP contribution in [0.3, 0.4) is 0 Å². The largest absolute Gasteiger partial charge is 0.425 e. The van der Waals surface area contributed by atoms with E-state index < -0.39 is 5.91 Å². The van der Waals surface area contributed by atoms with Crippen molar-refractivity contribution < 1.29 is 9.53 Å². The summed E-state index contributed by atoms with van der Waals surface area (Å²) in [7, 11) is 1.54. The summed E-state index contributed by atoms with van der Waals surface area (Å²) in [6, 6.07) is 6.55. The highest BCUT2D eigenvalue weighted by Crippen LogP contribution is 2.24. The number of carbonyl (C=O) groups is 1. The second-order valence-corrected chi connectivity index (χ2v) is 6.22. The number of nitrogens with one attached hydrogen (secondary N) is 2. The fourth-order valence-electron chi connectivity index (χ4n) is 2.98. The van der Waals surface area contributed by atoms with Crippen molar-refractivity contribution in [1.29, 1.82) is 0 Å². The lowest BCUT2D eigenvalue weighted by molar-refractivity contribution is 0.0998. The number of carbonyl (C=O) groups excluding carboxylic acids is 1. The summed E-state index contributed by atoms with van der Waals surface area (Å²) >= 11 is 0. The summed E-state index contributed by atoms with van der Waals surface area (Å²) in [6.45, 7) is 3.27. The van der Waals surface area contributed by atoms with Crippen molar-refractivity contribution in [2.75, 3.05) is 31.1 Å². The smallest absolute Gasteiger partial charge is 0.306 e. The van der Waals surface area contributed by atoms with E-state index in [0.29, 0.717) is 11.5 Å². The average molecular weight is 369 g/mol. The highest BCUT2D eigenvalue weighted by Gasteiger charge is 2.19. The molecule has 0 atom stereocenters. The molecule has 1 aromatic carbocycles. The summed E-state index contributed by atoms with van der Waals surface area (Å²) in [4.78, 5) is 38.2. The second-order valence-electron chi connectivity index (χ2n) is 6.22. The number of nitrogens with two attached hydrogens (primary N) is 1. The summed E-state index contributed by atoms with van der Waals surface area (Å²) in [5.41, 5.74) is 5.83. The molecule has 0 bridgehead atoms. The monoisotopic (exact) mass is 369 g/mol. The Hall–Kier alpha value is -3.40. The molecular formula is C17H19N7O3. The van der Waals surface area contributed by atoms with Crippen molar-refractivity contribution in [1.82, 2.24) is 24.8 Å². The predicted octanol–water partition coefficient (Wildman–Crippen LogP) is -0.0426. The first-order valence-electron chi connectivity index (χ1n) is 8.53. The number of anilines is 1. The lowest BCUT2D eigenvalue weighted by Crippen LogP contribution is -2.44. The third kappa shape index (κ3) is 3.10. The van der Waals surface area contributed by atoms with Crippen LogP contribution in [0.4, 0.5) is 5.95 Å². The van der Waals surface area contributed by atoms with E-state index in [1.807, 2.05) is 0 Å². The van der Waals surface area contributed by atoms with Crippen molar-refractivity contribution in [3.05, 3.63) is 40.2 Å². The Morgan fingerprint density at radius 3 is 2.70 bits per heavy atom. The Morgan fingerprint density at radius 1 is 1.22 bits per heavy atom. The molecule has 0 spiro atoms. The van der Waals surface area contributed by atoms with Crippen LogP contribution >= 0.6 is 0 Å². The van der Waals surface area contributed by atoms with Gasteiger partial charge in [0.2, 0.25) is 5.95 Å². The highest BCUT2D eigenvalue weighted by molar-refractivity contribution is 5.95. The molecule has 4 N–H and O–H groups in total. The molecule has 140 valence electrons. The lowest BCUT2D eigenvalue weighted by atomic mass is 10.2. The van der Waals surface area contributed by atoms with Crippen molar-refractivity contribution >= 4 is 23.0 Å². The van der Waals surface area contributed by atoms with Crippen molar-refractivity contribution in [2.45, 2.75) is 0 Å². The van der Waals surface area contributed by atoms with Gasteiger partial charge in [-0.05, 0) is 12.1 Å². The molecule has 1 fully saturated rings. The van der Waals surface area contributed by atoms with E-state index in [2.05, 4.69) is 25.2 Å². The van der Waals surface area contributed by atoms with Gasteiger partial charge in [-0.1, -0.05) is 12.1 Å². The van der Waals surface area contributed by atoms with Gasteiger partial charge >= 0.3 is 6.01 Å². The lowest BCUT2D eigenvalue weighted by Gasteiger charge is -2.26. The number of aromatic amines is 1. The molecule has 1 amide bonds. The van der Waals surface area contributed by atoms with Gasteiger partial charge in [0.15, 0.2) is 11.2 Å². The van der Waals surface area contributed by atoms with Crippen molar-refractivity contribution in [3.63, 3.8) is 0 Å². The van der Waals surface area contributed by atoms with Crippen LogP contribution in [-0.2, 0) is 7.05 Å². The Balaban J connectivity index is 1.75. The molecule has 0 aliphatic carbocycles. The summed E-state index contributed by atoms with van der Waals surface area (Å²) in [5, 5.41) is 3.27. The first kappa shape index (κ1) is 17.0. The van der Waals surface area contributed by atoms with E-state index in [-0.39, 0.29) is 28.5 Å². The summed E-state index contributed by atoms with van der Waals surface area (Å²) in [6.07, 6.45) is 0. The van der Waals surface area contributed by atoms with Crippen LogP contribution < -0.4 is 26.2 Å². The maximum absolute atomic E-state index is 12.7. The van der Waals surface area contributed by atoms with Crippen molar-refractivity contribution in [2.24, 2.45) is 12.8 Å². The highest BCUT2D eigenvalue weighted by atomic mass is 16.5. The number of nitrogens with zero attached hydrogens (tertiary/aromatic N) is 4. The molecule has 2 aromatic heterocycles. The number of rotatable bonds is 4. The molecule has 1 saturated heterocycles. The van der Waals surface area contributed by atoms with Crippen LogP contribution in [0, 0.1) is 0 Å². The Bertz CT molecular complexity index is 1070. The number of hydrogen-bond donors (Lipinski definition) is 3. The van der Waals surface area contributed by atoms with Gasteiger partial charge in [-0.25, -0.2) is 0 Å². The van der Waals surface area contributed by atoms with E-state index in [0.717, 1.165) is 26.2 Å². The zero-order valence-corrected chi connectivity index (χ0v) is 14.7. The fraction of sp³-hybridized carbons (Fsp3) is 0.294. The van der Waals surface area contributed by atoms with E-state index in [4.69, 9.17) is 10.5 Å². The zero-order valence-electron chi connectivity index (χ0n) is 14.7. The number of hydrogen-bond acceptors (Lipinski definition) is 7. The van der Waals surface area contributed by atoms with Gasteiger partial charge in [0.25, 0.3) is 11.5 Å². The maximum Gasteiger partial charge on any atom is 0.306 e. The molecule has 10 heteroatoms. The Kier molecular flexibility index (Phi) is 4.24. The molecule has 4 rings (SSSR count). The number of piperazine rings is 1. The molecular weight excluding hydrogens is 350 g/mol. The molecule has 3 heterocycles. The van der Waals surface area contributed by atoms with Gasteiger partial charge in [-0.3, -0.25) is 14.2 Å². The van der Waals surface area contributed by atoms with Gasteiger partial charge in [-0.2, -0.15) is 9.97 Å². The standard InChI is InChI=1S/C17H19N7O3/c1-23-15(26)12-14(21-16(20-12)24-8-6-19-7-9-24)22-17(23)27-11-5-3-2-4-10(11)13(18)25/h2-5,19H,6-9H2,1H3,(H2,18,25)(H,20,21). The van der Waals surface area contributed by atoms with Gasteiger partial charge < -0.3 is 25.7 Å². The van der Waals surface area contributed by atoms with E-state index in [9.17, 15) is 9.59 Å². The minimum absolute atomic E-state index is 0.0274. The number of fused-ring (bicyclic) bond motifs is 1. The van der Waals surface area contributed by atoms with E-state index in [1.165, 1.54) is 4.57 Å². The van der Waals surface area contributed by atoms with Crippen LogP contribution in [0.1, 0.15) is 10.4 Å². The van der Waals surface area contributed by atoms with Gasteiger partial charge in [0.1, 0.15) is 5.75 Å². The fourth-order valence-corrected chi connectivity index (χ4v) is 2.98. The molecule has 10 nitrogen and oxygen atoms in total. The number of aromatic nitrogens is 4. The van der Waals surface area contributed by atoms with Crippen LogP contribution in [0.15, 0.2) is 29.1 Å². The number of ether oxygens (including phenoxy) is 1. The maximum atomic E-state index is 12.7. The normalized spacial score (nSPS) is 14.5. The molecule has 0 radical (unpaired) electrons. The van der Waals surface area contributed by atoms with Gasteiger partial charge in [-0.15, -0.1) is 0 Å². The number of benzene rings is 1. The number of primary amides is 1. The number of imidazole rings is 1. The minimum atomic E-state index is -0.627. The van der Waals surface area contributed by atoms with E-state index in [1.54, 1.807) is 31.3 Å². The van der Waals surface area contributed by atoms with Crippen LogP contribution in [0.5, 0.6) is 11.8 Å². The first-order valence-corrected chi connectivity index (χ1v) is 8.53. The second kappa shape index (κ2) is 6.72.